The molecular weight excluding hydrogens is 472 g/mol. The molecule has 38 heavy (non-hydrogen) atoms. The summed E-state index contributed by atoms with van der Waals surface area (Å²) in [4.78, 5) is 8.85. The first kappa shape index (κ1) is 31.6. The Morgan fingerprint density at radius 2 is 0.895 bits per heavy atom. The molecule has 210 valence electrons. The van der Waals surface area contributed by atoms with Gasteiger partial charge in [-0.3, -0.25) is 9.98 Å². The lowest BCUT2D eigenvalue weighted by Crippen LogP contribution is -2.18. The zero-order valence-corrected chi connectivity index (χ0v) is 25.7. The van der Waals surface area contributed by atoms with Gasteiger partial charge in [0.05, 0.1) is 19.2 Å². The zero-order valence-electron chi connectivity index (χ0n) is 25.7. The molecule has 0 heterocycles. The highest BCUT2D eigenvalue weighted by atomic mass is 16.3. The van der Waals surface area contributed by atoms with E-state index in [4.69, 9.17) is 0 Å². The number of rotatable bonds is 6. The van der Waals surface area contributed by atoms with Crippen molar-refractivity contribution in [1.82, 2.24) is 0 Å². The van der Waals surface area contributed by atoms with Gasteiger partial charge in [0, 0.05) is 34.7 Å². The molecule has 2 rings (SSSR count). The van der Waals surface area contributed by atoms with E-state index in [9.17, 15) is 15.3 Å². The van der Waals surface area contributed by atoms with E-state index < -0.39 is 6.10 Å². The molecule has 0 amide bonds. The number of aliphatic hydroxyl groups is 1. The van der Waals surface area contributed by atoms with Gasteiger partial charge in [0.15, 0.2) is 0 Å². The fourth-order valence-corrected chi connectivity index (χ4v) is 4.12. The number of hydrogen-bond donors (Lipinski definition) is 3. The zero-order chi connectivity index (χ0) is 29.3. The minimum Gasteiger partial charge on any atom is -0.507 e. The summed E-state index contributed by atoms with van der Waals surface area (Å²) in [7, 11) is 0. The quantitative estimate of drug-likeness (QED) is 0.351. The van der Waals surface area contributed by atoms with Crippen LogP contribution in [0.1, 0.15) is 116 Å². The van der Waals surface area contributed by atoms with Crippen LogP contribution in [-0.4, -0.2) is 46.9 Å². The summed E-state index contributed by atoms with van der Waals surface area (Å²) in [6.07, 6.45) is 2.50. The summed E-state index contributed by atoms with van der Waals surface area (Å²) in [5, 5.41) is 32.4. The van der Waals surface area contributed by atoms with Crippen molar-refractivity contribution < 1.29 is 15.3 Å². The molecule has 2 aromatic rings. The van der Waals surface area contributed by atoms with Crippen molar-refractivity contribution in [1.29, 1.82) is 0 Å². The number of benzene rings is 2. The largest absolute Gasteiger partial charge is 0.507 e. The highest BCUT2D eigenvalue weighted by Gasteiger charge is 2.26. The maximum atomic E-state index is 10.9. The molecule has 0 aliphatic heterocycles. The van der Waals surface area contributed by atoms with Gasteiger partial charge in [-0.25, -0.2) is 0 Å². The molecule has 3 N–H and O–H groups in total. The predicted octanol–water partition coefficient (Wildman–Crippen LogP) is 7.19. The summed E-state index contributed by atoms with van der Waals surface area (Å²) >= 11 is 0. The standard InChI is InChI=1S/C33H50N2O3/c1-30(2,3)23-13-21(28(37)26(15-23)32(7,8)9)17-34-19-25(36)20-35-18-22-14-24(31(4,5)6)16-27(29(22)38)33(10,11)12/h13-18,25,36-38H,19-20H2,1-12H3. The molecule has 0 bridgehead atoms. The summed E-state index contributed by atoms with van der Waals surface area (Å²) in [5.74, 6) is 0.455. The van der Waals surface area contributed by atoms with Gasteiger partial charge in [-0.15, -0.1) is 0 Å². The number of phenolic OH excluding ortho intramolecular Hbond substituents is 2. The second kappa shape index (κ2) is 11.2. The smallest absolute Gasteiger partial charge is 0.128 e. The van der Waals surface area contributed by atoms with Gasteiger partial charge < -0.3 is 15.3 Å². The Morgan fingerprint density at radius 1 is 0.579 bits per heavy atom. The first-order valence-corrected chi connectivity index (χ1v) is 13.6. The van der Waals surface area contributed by atoms with Crippen molar-refractivity contribution in [2.75, 3.05) is 13.1 Å². The topological polar surface area (TPSA) is 85.4 Å². The van der Waals surface area contributed by atoms with Crippen LogP contribution in [-0.2, 0) is 21.7 Å². The third kappa shape index (κ3) is 8.17. The van der Waals surface area contributed by atoms with E-state index in [1.807, 2.05) is 12.1 Å². The van der Waals surface area contributed by atoms with Crippen molar-refractivity contribution in [3.63, 3.8) is 0 Å². The lowest BCUT2D eigenvalue weighted by Gasteiger charge is -2.27. The van der Waals surface area contributed by atoms with Crippen molar-refractivity contribution in [2.45, 2.75) is 111 Å². The highest BCUT2D eigenvalue weighted by Crippen LogP contribution is 2.38. The van der Waals surface area contributed by atoms with E-state index in [0.29, 0.717) is 11.1 Å². The summed E-state index contributed by atoms with van der Waals surface area (Å²) in [6, 6.07) is 8.09. The van der Waals surface area contributed by atoms with Gasteiger partial charge in [0.25, 0.3) is 0 Å². The number of nitrogens with zero attached hydrogens (tertiary/aromatic N) is 2. The lowest BCUT2D eigenvalue weighted by atomic mass is 9.79. The van der Waals surface area contributed by atoms with Gasteiger partial charge in [-0.2, -0.15) is 0 Å². The second-order valence-electron chi connectivity index (χ2n) is 14.6. The van der Waals surface area contributed by atoms with Crippen LogP contribution in [0.3, 0.4) is 0 Å². The molecule has 0 atom stereocenters. The fourth-order valence-electron chi connectivity index (χ4n) is 4.12. The van der Waals surface area contributed by atoms with Crippen LogP contribution in [0.25, 0.3) is 0 Å². The Bertz CT molecular complexity index is 1090. The van der Waals surface area contributed by atoms with Crippen LogP contribution >= 0.6 is 0 Å². The molecule has 2 aromatic carbocycles. The van der Waals surface area contributed by atoms with Crippen molar-refractivity contribution in [2.24, 2.45) is 9.98 Å². The average Bonchev–Trinajstić information content (AvgIpc) is 2.72. The van der Waals surface area contributed by atoms with Crippen molar-refractivity contribution >= 4 is 12.4 Å². The van der Waals surface area contributed by atoms with Crippen LogP contribution in [0.15, 0.2) is 34.3 Å². The lowest BCUT2D eigenvalue weighted by molar-refractivity contribution is 0.193. The Morgan fingerprint density at radius 3 is 1.16 bits per heavy atom. The first-order chi connectivity index (χ1) is 17.1. The minimum atomic E-state index is -0.785. The maximum absolute atomic E-state index is 10.9. The molecule has 5 heteroatoms. The first-order valence-electron chi connectivity index (χ1n) is 13.6. The van der Waals surface area contributed by atoms with E-state index in [1.165, 1.54) is 0 Å². The Hall–Kier alpha value is -2.66. The van der Waals surface area contributed by atoms with Gasteiger partial charge in [0.1, 0.15) is 11.5 Å². The molecule has 0 radical (unpaired) electrons. The molecular formula is C33H50N2O3. The van der Waals surface area contributed by atoms with Crippen LogP contribution in [0.4, 0.5) is 0 Å². The number of aliphatic imine (C=N–C) groups is 2. The van der Waals surface area contributed by atoms with E-state index in [2.05, 4.69) is 105 Å². The predicted molar refractivity (Wildman–Crippen MR) is 162 cm³/mol. The SMILES string of the molecule is CC(C)(C)c1cc(C=NCC(O)CN=Cc2cc(C(C)(C)C)cc(C(C)(C)C)c2O)c(O)c(C(C)(C)C)c1. The van der Waals surface area contributed by atoms with E-state index >= 15 is 0 Å². The Balaban J connectivity index is 2.24. The molecule has 0 unspecified atom stereocenters. The normalized spacial score (nSPS) is 14.6. The summed E-state index contributed by atoms with van der Waals surface area (Å²) in [5.41, 5.74) is 4.72. The number of hydrogen-bond acceptors (Lipinski definition) is 5. The third-order valence-electron chi connectivity index (χ3n) is 6.72. The number of aromatic hydroxyl groups is 2. The van der Waals surface area contributed by atoms with Crippen LogP contribution in [0.2, 0.25) is 0 Å². The van der Waals surface area contributed by atoms with Gasteiger partial charge >= 0.3 is 0 Å². The Kier molecular flexibility index (Phi) is 9.31. The minimum absolute atomic E-state index is 0.0762. The van der Waals surface area contributed by atoms with Crippen molar-refractivity contribution in [3.8, 4) is 11.5 Å². The summed E-state index contributed by atoms with van der Waals surface area (Å²) in [6.45, 7) is 25.7. The summed E-state index contributed by atoms with van der Waals surface area (Å²) < 4.78 is 0. The van der Waals surface area contributed by atoms with Gasteiger partial charge in [0.2, 0.25) is 0 Å². The van der Waals surface area contributed by atoms with Gasteiger partial charge in [-0.1, -0.05) is 95.2 Å². The highest BCUT2D eigenvalue weighted by molar-refractivity contribution is 5.85. The van der Waals surface area contributed by atoms with Gasteiger partial charge in [-0.05, 0) is 44.9 Å². The molecule has 0 saturated carbocycles. The fraction of sp³-hybridized carbons (Fsp3) is 0.576. The van der Waals surface area contributed by atoms with Crippen LogP contribution in [0.5, 0.6) is 11.5 Å². The average molecular weight is 523 g/mol. The number of phenols is 2. The van der Waals surface area contributed by atoms with E-state index in [-0.39, 0.29) is 46.2 Å². The molecule has 0 saturated heterocycles. The van der Waals surface area contributed by atoms with E-state index in [1.54, 1.807) is 12.4 Å². The van der Waals surface area contributed by atoms with E-state index in [0.717, 1.165) is 22.3 Å². The monoisotopic (exact) mass is 522 g/mol. The van der Waals surface area contributed by atoms with Crippen LogP contribution < -0.4 is 0 Å². The molecule has 0 spiro atoms. The molecule has 0 fully saturated rings. The maximum Gasteiger partial charge on any atom is 0.128 e. The molecule has 0 aliphatic rings. The third-order valence-corrected chi connectivity index (χ3v) is 6.72. The second-order valence-corrected chi connectivity index (χ2v) is 14.6. The molecule has 0 aliphatic carbocycles. The van der Waals surface area contributed by atoms with Crippen LogP contribution in [0, 0.1) is 0 Å². The Labute approximate surface area is 230 Å². The molecule has 0 aromatic heterocycles. The number of aliphatic hydroxyl groups excluding tert-OH is 1. The van der Waals surface area contributed by atoms with Crippen molar-refractivity contribution in [3.05, 3.63) is 57.6 Å². The molecule has 5 nitrogen and oxygen atoms in total.